The Morgan fingerprint density at radius 1 is 0.912 bits per heavy atom. The highest BCUT2D eigenvalue weighted by atomic mass is 32.1. The fraction of sp³-hybridized carbons (Fsp3) is 0.464. The third kappa shape index (κ3) is 4.66. The molecule has 2 heterocycles. The number of nitrogens with zero attached hydrogens (tertiary/aromatic N) is 2. The third-order valence-corrected chi connectivity index (χ3v) is 8.38. The molecule has 5 rings (SSSR count). The lowest BCUT2D eigenvalue weighted by Crippen LogP contribution is -2.41. The van der Waals surface area contributed by atoms with E-state index in [9.17, 15) is 0 Å². The van der Waals surface area contributed by atoms with Gasteiger partial charge in [0.2, 0.25) is 5.75 Å². The van der Waals surface area contributed by atoms with Crippen molar-refractivity contribution in [2.45, 2.75) is 38.6 Å². The summed E-state index contributed by atoms with van der Waals surface area (Å²) in [5, 5.41) is 3.29. The SMILES string of the molecule is COc1ccc(-c2cccc(-c3nc(CN4CC[C@@H]5CCCC[C@@H]5C4)cs3)c2)c(OC)c1OC. The van der Waals surface area contributed by atoms with Crippen molar-refractivity contribution in [3.63, 3.8) is 0 Å². The molecule has 2 atom stereocenters. The summed E-state index contributed by atoms with van der Waals surface area (Å²) in [4.78, 5) is 7.64. The maximum absolute atomic E-state index is 5.71. The van der Waals surface area contributed by atoms with Crippen LogP contribution in [0.15, 0.2) is 41.8 Å². The van der Waals surface area contributed by atoms with Crippen LogP contribution in [0.3, 0.4) is 0 Å². The average Bonchev–Trinajstić information content (AvgIpc) is 3.36. The number of thiazole rings is 1. The molecule has 6 heteroatoms. The highest BCUT2D eigenvalue weighted by Gasteiger charge is 2.31. The van der Waals surface area contributed by atoms with Crippen LogP contribution in [0.25, 0.3) is 21.7 Å². The topological polar surface area (TPSA) is 43.8 Å². The van der Waals surface area contributed by atoms with Crippen molar-refractivity contribution in [3.05, 3.63) is 47.5 Å². The number of ether oxygens (including phenoxy) is 3. The van der Waals surface area contributed by atoms with Gasteiger partial charge < -0.3 is 14.2 Å². The quantitative estimate of drug-likeness (QED) is 0.387. The van der Waals surface area contributed by atoms with E-state index in [1.165, 1.54) is 50.9 Å². The lowest BCUT2D eigenvalue weighted by atomic mass is 9.75. The standard InChI is InChI=1S/C28H34N2O3S/c1-31-25-12-11-24(26(32-2)27(25)33-3)20-9-6-10-21(15-20)28-29-23(18-34-28)17-30-14-13-19-7-4-5-8-22(19)16-30/h6,9-12,15,18-19,22H,4-5,7-8,13-14,16-17H2,1-3H3/t19-,22+/m0/s1. The van der Waals surface area contributed by atoms with Crippen LogP contribution in [0.5, 0.6) is 17.2 Å². The van der Waals surface area contributed by atoms with Crippen LogP contribution in [0.4, 0.5) is 0 Å². The van der Waals surface area contributed by atoms with E-state index in [1.54, 1.807) is 32.7 Å². The second-order valence-corrected chi connectivity index (χ2v) is 10.3. The summed E-state index contributed by atoms with van der Waals surface area (Å²) in [6.07, 6.45) is 7.06. The fourth-order valence-electron chi connectivity index (χ4n) is 5.71. The fourth-order valence-corrected chi connectivity index (χ4v) is 6.52. The molecule has 1 saturated carbocycles. The van der Waals surface area contributed by atoms with Crippen molar-refractivity contribution in [1.82, 2.24) is 9.88 Å². The van der Waals surface area contributed by atoms with Crippen LogP contribution < -0.4 is 14.2 Å². The minimum atomic E-state index is 0.603. The van der Waals surface area contributed by atoms with Crippen LogP contribution in [0, 0.1) is 11.8 Å². The number of piperidine rings is 1. The van der Waals surface area contributed by atoms with Gasteiger partial charge in [-0.05, 0) is 55.0 Å². The normalized spacial score (nSPS) is 20.6. The molecule has 5 nitrogen and oxygen atoms in total. The number of hydrogen-bond acceptors (Lipinski definition) is 6. The number of benzene rings is 2. The lowest BCUT2D eigenvalue weighted by molar-refractivity contribution is 0.0814. The Morgan fingerprint density at radius 3 is 2.50 bits per heavy atom. The Bertz CT molecular complexity index is 1130. The van der Waals surface area contributed by atoms with E-state index in [0.717, 1.165) is 40.1 Å². The van der Waals surface area contributed by atoms with Crippen molar-refractivity contribution in [2.24, 2.45) is 11.8 Å². The Kier molecular flexibility index (Phi) is 7.07. The molecule has 2 aliphatic rings. The number of methoxy groups -OCH3 is 3. The lowest BCUT2D eigenvalue weighted by Gasteiger charge is -2.41. The van der Waals surface area contributed by atoms with E-state index >= 15 is 0 Å². The highest BCUT2D eigenvalue weighted by molar-refractivity contribution is 7.13. The Balaban J connectivity index is 1.35. The summed E-state index contributed by atoms with van der Waals surface area (Å²) >= 11 is 1.73. The van der Waals surface area contributed by atoms with E-state index in [1.807, 2.05) is 12.1 Å². The summed E-state index contributed by atoms with van der Waals surface area (Å²) in [5.74, 6) is 3.79. The average molecular weight is 479 g/mol. The molecule has 2 aromatic carbocycles. The van der Waals surface area contributed by atoms with Gasteiger partial charge in [-0.2, -0.15) is 0 Å². The number of likely N-dealkylation sites (tertiary alicyclic amines) is 1. The molecule has 3 aromatic rings. The van der Waals surface area contributed by atoms with Crippen molar-refractivity contribution >= 4 is 11.3 Å². The van der Waals surface area contributed by atoms with E-state index < -0.39 is 0 Å². The maximum Gasteiger partial charge on any atom is 0.203 e. The van der Waals surface area contributed by atoms with Crippen molar-refractivity contribution in [3.8, 4) is 38.9 Å². The first-order valence-electron chi connectivity index (χ1n) is 12.3. The summed E-state index contributed by atoms with van der Waals surface area (Å²) in [7, 11) is 4.93. The molecule has 0 amide bonds. The van der Waals surface area contributed by atoms with E-state index in [2.05, 4.69) is 34.5 Å². The van der Waals surface area contributed by atoms with Crippen molar-refractivity contribution in [1.29, 1.82) is 0 Å². The van der Waals surface area contributed by atoms with Crippen molar-refractivity contribution < 1.29 is 14.2 Å². The first-order chi connectivity index (χ1) is 16.7. The molecular formula is C28H34N2O3S. The molecule has 0 radical (unpaired) electrons. The predicted octanol–water partition coefficient (Wildman–Crippen LogP) is 6.52. The molecule has 1 aliphatic carbocycles. The number of fused-ring (bicyclic) bond motifs is 1. The molecule has 0 bridgehead atoms. The first-order valence-corrected chi connectivity index (χ1v) is 13.1. The van der Waals surface area contributed by atoms with Gasteiger partial charge in [-0.25, -0.2) is 4.98 Å². The summed E-state index contributed by atoms with van der Waals surface area (Å²) < 4.78 is 16.7. The molecule has 180 valence electrons. The number of aromatic nitrogens is 1. The summed E-state index contributed by atoms with van der Waals surface area (Å²) in [6, 6.07) is 12.4. The highest BCUT2D eigenvalue weighted by Crippen LogP contribution is 2.45. The van der Waals surface area contributed by atoms with Crippen LogP contribution in [-0.4, -0.2) is 44.3 Å². The molecule has 1 saturated heterocycles. The van der Waals surface area contributed by atoms with Gasteiger partial charge in [0.15, 0.2) is 11.5 Å². The first kappa shape index (κ1) is 23.2. The molecule has 2 fully saturated rings. The second-order valence-electron chi connectivity index (χ2n) is 9.44. The number of hydrogen-bond donors (Lipinski definition) is 0. The predicted molar refractivity (Wildman–Crippen MR) is 138 cm³/mol. The van der Waals surface area contributed by atoms with E-state index in [0.29, 0.717) is 17.2 Å². The Morgan fingerprint density at radius 2 is 1.71 bits per heavy atom. The smallest absolute Gasteiger partial charge is 0.203 e. The zero-order chi connectivity index (χ0) is 23.5. The van der Waals surface area contributed by atoms with Gasteiger partial charge in [-0.15, -0.1) is 11.3 Å². The Labute approximate surface area is 206 Å². The summed E-state index contributed by atoms with van der Waals surface area (Å²) in [5.41, 5.74) is 4.33. The Hall–Kier alpha value is -2.57. The van der Waals surface area contributed by atoms with E-state index in [-0.39, 0.29) is 0 Å². The van der Waals surface area contributed by atoms with E-state index in [4.69, 9.17) is 19.2 Å². The largest absolute Gasteiger partial charge is 0.493 e. The molecular weight excluding hydrogens is 444 g/mol. The number of rotatable bonds is 7. The monoisotopic (exact) mass is 478 g/mol. The van der Waals surface area contributed by atoms with Gasteiger partial charge >= 0.3 is 0 Å². The van der Waals surface area contributed by atoms with Crippen LogP contribution in [-0.2, 0) is 6.54 Å². The van der Waals surface area contributed by atoms with Gasteiger partial charge in [0.05, 0.1) is 27.0 Å². The maximum atomic E-state index is 5.71. The minimum absolute atomic E-state index is 0.603. The van der Waals surface area contributed by atoms with Gasteiger partial charge in [0.25, 0.3) is 0 Å². The zero-order valence-corrected chi connectivity index (χ0v) is 21.2. The van der Waals surface area contributed by atoms with Gasteiger partial charge in [0, 0.05) is 29.6 Å². The molecule has 0 unspecified atom stereocenters. The second kappa shape index (κ2) is 10.4. The molecule has 1 aliphatic heterocycles. The van der Waals surface area contributed by atoms with Gasteiger partial charge in [-0.1, -0.05) is 37.5 Å². The zero-order valence-electron chi connectivity index (χ0n) is 20.4. The van der Waals surface area contributed by atoms with Crippen molar-refractivity contribution in [2.75, 3.05) is 34.4 Å². The minimum Gasteiger partial charge on any atom is -0.493 e. The summed E-state index contributed by atoms with van der Waals surface area (Å²) in [6.45, 7) is 3.41. The molecule has 1 aromatic heterocycles. The van der Waals surface area contributed by atoms with Gasteiger partial charge in [-0.3, -0.25) is 4.90 Å². The van der Waals surface area contributed by atoms with Gasteiger partial charge in [0.1, 0.15) is 5.01 Å². The molecule has 34 heavy (non-hydrogen) atoms. The molecule has 0 N–H and O–H groups in total. The molecule has 0 spiro atoms. The van der Waals surface area contributed by atoms with Crippen LogP contribution in [0.1, 0.15) is 37.8 Å². The van der Waals surface area contributed by atoms with Crippen LogP contribution in [0.2, 0.25) is 0 Å². The van der Waals surface area contributed by atoms with Crippen LogP contribution >= 0.6 is 11.3 Å². The third-order valence-electron chi connectivity index (χ3n) is 7.44.